The van der Waals surface area contributed by atoms with Crippen LogP contribution in [0.5, 0.6) is 0 Å². The molecule has 1 N–H and O–H groups in total. The molecule has 0 bridgehead atoms. The number of halogens is 2. The van der Waals surface area contributed by atoms with Crippen LogP contribution in [0.25, 0.3) is 0 Å². The second-order valence-electron chi connectivity index (χ2n) is 4.25. The highest BCUT2D eigenvalue weighted by molar-refractivity contribution is 6.33. The molecule has 0 aliphatic rings. The predicted molar refractivity (Wildman–Crippen MR) is 74.6 cm³/mol. The molecule has 4 heteroatoms. The molecule has 0 amide bonds. The zero-order chi connectivity index (χ0) is 13.8. The first-order chi connectivity index (χ1) is 9.10. The lowest BCUT2D eigenvalue weighted by Crippen LogP contribution is -2.03. The number of hydrogen-bond acceptors (Lipinski definition) is 2. The molecule has 0 aliphatic carbocycles. The Hall–Kier alpha value is -2.05. The van der Waals surface area contributed by atoms with Crippen LogP contribution in [0, 0.1) is 24.1 Å². The van der Waals surface area contributed by atoms with E-state index in [9.17, 15) is 4.39 Å². The van der Waals surface area contributed by atoms with E-state index in [1.165, 1.54) is 18.2 Å². The largest absolute Gasteiger partial charge is 0.380 e. The molecule has 0 unspecified atom stereocenters. The van der Waals surface area contributed by atoms with Crippen LogP contribution in [0.2, 0.25) is 5.02 Å². The smallest absolute Gasteiger partial charge is 0.128 e. The predicted octanol–water partition coefficient (Wildman–Crippen LogP) is 4.27. The van der Waals surface area contributed by atoms with Crippen molar-refractivity contribution in [2.45, 2.75) is 13.5 Å². The minimum atomic E-state index is -0.338. The molecule has 0 aliphatic heterocycles. The monoisotopic (exact) mass is 274 g/mol. The summed E-state index contributed by atoms with van der Waals surface area (Å²) in [5, 5.41) is 12.5. The van der Waals surface area contributed by atoms with Crippen molar-refractivity contribution in [2.24, 2.45) is 0 Å². The summed E-state index contributed by atoms with van der Waals surface area (Å²) >= 11 is 6.09. The van der Waals surface area contributed by atoms with Crippen molar-refractivity contribution >= 4 is 17.3 Å². The number of hydrogen-bond donors (Lipinski definition) is 1. The molecular formula is C15H12ClFN2. The molecule has 0 saturated carbocycles. The van der Waals surface area contributed by atoms with Crippen molar-refractivity contribution in [3.63, 3.8) is 0 Å². The van der Waals surface area contributed by atoms with Crippen LogP contribution in [0.3, 0.4) is 0 Å². The number of aryl methyl sites for hydroxylation is 1. The molecular weight excluding hydrogens is 263 g/mol. The standard InChI is InChI=1S/C15H12ClFN2/c1-10-2-5-15(13(16)6-10)19-9-12-7-11(8-18)3-4-14(12)17/h2-7,19H,9H2,1H3. The zero-order valence-electron chi connectivity index (χ0n) is 10.4. The Morgan fingerprint density at radius 2 is 2.05 bits per heavy atom. The van der Waals surface area contributed by atoms with Gasteiger partial charge in [0.25, 0.3) is 0 Å². The van der Waals surface area contributed by atoms with Gasteiger partial charge in [-0.3, -0.25) is 0 Å². The van der Waals surface area contributed by atoms with Crippen LogP contribution < -0.4 is 5.32 Å². The minimum absolute atomic E-state index is 0.282. The van der Waals surface area contributed by atoms with Crippen molar-refractivity contribution < 1.29 is 4.39 Å². The van der Waals surface area contributed by atoms with Gasteiger partial charge in [-0.1, -0.05) is 17.7 Å². The molecule has 2 rings (SSSR count). The topological polar surface area (TPSA) is 35.8 Å². The Morgan fingerprint density at radius 1 is 1.26 bits per heavy atom. The third-order valence-electron chi connectivity index (χ3n) is 2.77. The summed E-state index contributed by atoms with van der Waals surface area (Å²) < 4.78 is 13.6. The van der Waals surface area contributed by atoms with Gasteiger partial charge in [-0.25, -0.2) is 4.39 Å². The van der Waals surface area contributed by atoms with Crippen molar-refractivity contribution in [3.8, 4) is 6.07 Å². The van der Waals surface area contributed by atoms with Crippen LogP contribution in [-0.4, -0.2) is 0 Å². The average molecular weight is 275 g/mol. The van der Waals surface area contributed by atoms with Gasteiger partial charge in [-0.05, 0) is 42.8 Å². The van der Waals surface area contributed by atoms with E-state index in [0.29, 0.717) is 16.1 Å². The maximum Gasteiger partial charge on any atom is 0.128 e. The Labute approximate surface area is 116 Å². The van der Waals surface area contributed by atoms with Crippen LogP contribution in [-0.2, 0) is 6.54 Å². The van der Waals surface area contributed by atoms with Crippen LogP contribution in [0.1, 0.15) is 16.7 Å². The average Bonchev–Trinajstić information content (AvgIpc) is 2.39. The minimum Gasteiger partial charge on any atom is -0.380 e. The van der Waals surface area contributed by atoms with Crippen LogP contribution >= 0.6 is 11.6 Å². The van der Waals surface area contributed by atoms with Gasteiger partial charge >= 0.3 is 0 Å². The van der Waals surface area contributed by atoms with E-state index in [-0.39, 0.29) is 12.4 Å². The van der Waals surface area contributed by atoms with Gasteiger partial charge in [0.15, 0.2) is 0 Å². The highest BCUT2D eigenvalue weighted by Gasteiger charge is 2.05. The summed E-state index contributed by atoms with van der Waals surface area (Å²) in [6, 6.07) is 11.9. The Bertz CT molecular complexity index is 647. The Morgan fingerprint density at radius 3 is 2.74 bits per heavy atom. The summed E-state index contributed by atoms with van der Waals surface area (Å²) in [6.07, 6.45) is 0. The SMILES string of the molecule is Cc1ccc(NCc2cc(C#N)ccc2F)c(Cl)c1. The molecule has 0 heterocycles. The second kappa shape index (κ2) is 5.73. The van der Waals surface area contributed by atoms with Crippen molar-refractivity contribution in [2.75, 3.05) is 5.32 Å². The van der Waals surface area contributed by atoms with E-state index in [2.05, 4.69) is 5.32 Å². The fraction of sp³-hybridized carbons (Fsp3) is 0.133. The molecule has 96 valence electrons. The van der Waals surface area contributed by atoms with E-state index in [1.807, 2.05) is 31.2 Å². The first-order valence-electron chi connectivity index (χ1n) is 5.78. The number of anilines is 1. The van der Waals surface area contributed by atoms with Crippen molar-refractivity contribution in [1.82, 2.24) is 0 Å². The first kappa shape index (κ1) is 13.4. The van der Waals surface area contributed by atoms with E-state index >= 15 is 0 Å². The molecule has 0 saturated heterocycles. The van der Waals surface area contributed by atoms with Crippen molar-refractivity contribution in [3.05, 3.63) is 63.9 Å². The van der Waals surface area contributed by atoms with Gasteiger partial charge in [0.05, 0.1) is 22.3 Å². The van der Waals surface area contributed by atoms with E-state index in [1.54, 1.807) is 0 Å². The third-order valence-corrected chi connectivity index (χ3v) is 3.08. The Balaban J connectivity index is 2.16. The molecule has 2 aromatic carbocycles. The number of rotatable bonds is 3. The Kier molecular flexibility index (Phi) is 4.03. The molecule has 0 fully saturated rings. The lowest BCUT2D eigenvalue weighted by molar-refractivity contribution is 0.612. The maximum absolute atomic E-state index is 13.6. The maximum atomic E-state index is 13.6. The fourth-order valence-electron chi connectivity index (χ4n) is 1.73. The molecule has 19 heavy (non-hydrogen) atoms. The molecule has 2 aromatic rings. The number of nitrogens with zero attached hydrogens (tertiary/aromatic N) is 1. The lowest BCUT2D eigenvalue weighted by Gasteiger charge is -2.10. The van der Waals surface area contributed by atoms with E-state index < -0.39 is 0 Å². The van der Waals surface area contributed by atoms with Gasteiger partial charge in [0.1, 0.15) is 5.82 Å². The quantitative estimate of drug-likeness (QED) is 0.907. The molecule has 2 nitrogen and oxygen atoms in total. The summed E-state index contributed by atoms with van der Waals surface area (Å²) in [5.41, 5.74) is 2.69. The van der Waals surface area contributed by atoms with Gasteiger partial charge < -0.3 is 5.32 Å². The molecule has 0 spiro atoms. The summed E-state index contributed by atoms with van der Waals surface area (Å²) in [7, 11) is 0. The van der Waals surface area contributed by atoms with Gasteiger partial charge in [0.2, 0.25) is 0 Å². The van der Waals surface area contributed by atoms with Crippen LogP contribution in [0.15, 0.2) is 36.4 Å². The normalized spacial score (nSPS) is 10.0. The second-order valence-corrected chi connectivity index (χ2v) is 4.66. The lowest BCUT2D eigenvalue weighted by atomic mass is 10.1. The fourth-order valence-corrected chi connectivity index (χ4v) is 2.04. The highest BCUT2D eigenvalue weighted by atomic mass is 35.5. The van der Waals surface area contributed by atoms with E-state index in [0.717, 1.165) is 11.3 Å². The molecule has 0 aromatic heterocycles. The summed E-state index contributed by atoms with van der Waals surface area (Å²) in [5.74, 6) is -0.338. The van der Waals surface area contributed by atoms with E-state index in [4.69, 9.17) is 16.9 Å². The number of benzene rings is 2. The van der Waals surface area contributed by atoms with Gasteiger partial charge in [0, 0.05) is 12.1 Å². The van der Waals surface area contributed by atoms with Gasteiger partial charge in [-0.15, -0.1) is 0 Å². The zero-order valence-corrected chi connectivity index (χ0v) is 11.1. The molecule has 0 radical (unpaired) electrons. The van der Waals surface area contributed by atoms with Crippen molar-refractivity contribution in [1.29, 1.82) is 5.26 Å². The first-order valence-corrected chi connectivity index (χ1v) is 6.16. The third kappa shape index (κ3) is 3.24. The van der Waals surface area contributed by atoms with Gasteiger partial charge in [-0.2, -0.15) is 5.26 Å². The summed E-state index contributed by atoms with van der Waals surface area (Å²) in [4.78, 5) is 0. The van der Waals surface area contributed by atoms with Crippen LogP contribution in [0.4, 0.5) is 10.1 Å². The summed E-state index contributed by atoms with van der Waals surface area (Å²) in [6.45, 7) is 2.23. The number of nitriles is 1. The molecule has 0 atom stereocenters. The number of nitrogens with one attached hydrogen (secondary N) is 1. The highest BCUT2D eigenvalue weighted by Crippen LogP contribution is 2.23.